The number of aromatic nitrogens is 3. The van der Waals surface area contributed by atoms with Gasteiger partial charge >= 0.3 is 0 Å². The minimum Gasteiger partial charge on any atom is -0.278 e. The number of aryl methyl sites for hydroxylation is 1. The molecule has 0 aliphatic carbocycles. The second-order valence-corrected chi connectivity index (χ2v) is 6.43. The fourth-order valence-corrected chi connectivity index (χ4v) is 3.55. The van der Waals surface area contributed by atoms with Crippen LogP contribution in [0.4, 0.5) is 0 Å². The lowest BCUT2D eigenvalue weighted by Gasteiger charge is -2.09. The molecule has 5 aromatic rings. The van der Waals surface area contributed by atoms with Crippen molar-refractivity contribution in [2.24, 2.45) is 0 Å². The number of hydrogen-bond donors (Lipinski definition) is 0. The lowest BCUT2D eigenvalue weighted by Crippen LogP contribution is -2.03. The summed E-state index contributed by atoms with van der Waals surface area (Å²) < 4.78 is 2.16. The van der Waals surface area contributed by atoms with Gasteiger partial charge in [0.25, 0.3) is 0 Å². The van der Waals surface area contributed by atoms with Gasteiger partial charge in [-0.3, -0.25) is 4.57 Å². The van der Waals surface area contributed by atoms with E-state index in [4.69, 9.17) is 9.97 Å². The number of para-hydroxylation sites is 2. The third-order valence-electron chi connectivity index (χ3n) is 4.69. The smallest absolute Gasteiger partial charge is 0.235 e. The molecule has 0 fully saturated rings. The predicted octanol–water partition coefficient (Wildman–Crippen LogP) is 5.55. The van der Waals surface area contributed by atoms with E-state index in [1.54, 1.807) is 0 Å². The fourth-order valence-electron chi connectivity index (χ4n) is 3.55. The van der Waals surface area contributed by atoms with Crippen molar-refractivity contribution in [2.45, 2.75) is 6.92 Å². The SMILES string of the molecule is Cc1cc(-c2ccccc2)nc(-n2c3ccccc3c3ccccc32)n1. The van der Waals surface area contributed by atoms with Crippen LogP contribution in [-0.4, -0.2) is 14.5 Å². The number of benzene rings is 3. The van der Waals surface area contributed by atoms with Gasteiger partial charge in [0.1, 0.15) is 0 Å². The van der Waals surface area contributed by atoms with E-state index in [9.17, 15) is 0 Å². The van der Waals surface area contributed by atoms with E-state index in [-0.39, 0.29) is 0 Å². The monoisotopic (exact) mass is 335 g/mol. The van der Waals surface area contributed by atoms with Crippen molar-refractivity contribution in [1.29, 1.82) is 0 Å². The van der Waals surface area contributed by atoms with E-state index in [1.165, 1.54) is 10.8 Å². The topological polar surface area (TPSA) is 30.7 Å². The highest BCUT2D eigenvalue weighted by molar-refractivity contribution is 6.08. The van der Waals surface area contributed by atoms with Gasteiger partial charge in [-0.2, -0.15) is 0 Å². The third kappa shape index (κ3) is 2.29. The first-order valence-corrected chi connectivity index (χ1v) is 8.71. The summed E-state index contributed by atoms with van der Waals surface area (Å²) in [6.07, 6.45) is 0. The van der Waals surface area contributed by atoms with Crippen molar-refractivity contribution in [1.82, 2.24) is 14.5 Å². The van der Waals surface area contributed by atoms with Gasteiger partial charge in [0, 0.05) is 22.0 Å². The molecule has 5 rings (SSSR count). The quantitative estimate of drug-likeness (QED) is 0.423. The van der Waals surface area contributed by atoms with Gasteiger partial charge < -0.3 is 0 Å². The lowest BCUT2D eigenvalue weighted by molar-refractivity contribution is 0.968. The fraction of sp³-hybridized carbons (Fsp3) is 0.0435. The average Bonchev–Trinajstić information content (AvgIpc) is 3.03. The Morgan fingerprint density at radius 2 is 1.23 bits per heavy atom. The number of hydrogen-bond acceptors (Lipinski definition) is 2. The molecule has 0 saturated heterocycles. The molecule has 3 aromatic carbocycles. The summed E-state index contributed by atoms with van der Waals surface area (Å²) in [5, 5.41) is 2.43. The molecule has 0 amide bonds. The molecule has 0 saturated carbocycles. The third-order valence-corrected chi connectivity index (χ3v) is 4.69. The molecular formula is C23H17N3. The van der Waals surface area contributed by atoms with Crippen molar-refractivity contribution in [3.63, 3.8) is 0 Å². The van der Waals surface area contributed by atoms with E-state index in [2.05, 4.69) is 65.2 Å². The Hall–Kier alpha value is -3.46. The van der Waals surface area contributed by atoms with Crippen LogP contribution in [0.15, 0.2) is 84.9 Å². The van der Waals surface area contributed by atoms with Crippen LogP contribution in [0.25, 0.3) is 39.0 Å². The molecule has 124 valence electrons. The molecule has 3 heteroatoms. The Labute approximate surface area is 151 Å². The predicted molar refractivity (Wildman–Crippen MR) is 107 cm³/mol. The maximum Gasteiger partial charge on any atom is 0.235 e. The molecule has 0 bridgehead atoms. The molecule has 26 heavy (non-hydrogen) atoms. The Balaban J connectivity index is 1.84. The molecule has 2 heterocycles. The molecule has 3 nitrogen and oxygen atoms in total. The summed E-state index contributed by atoms with van der Waals surface area (Å²) in [7, 11) is 0. The Morgan fingerprint density at radius 1 is 0.654 bits per heavy atom. The summed E-state index contributed by atoms with van der Waals surface area (Å²) in [6, 6.07) is 29.1. The maximum atomic E-state index is 4.90. The van der Waals surface area contributed by atoms with E-state index in [0.29, 0.717) is 5.95 Å². The normalized spacial score (nSPS) is 11.3. The van der Waals surface area contributed by atoms with E-state index < -0.39 is 0 Å². The number of nitrogens with zero attached hydrogens (tertiary/aromatic N) is 3. The standard InChI is InChI=1S/C23H17N3/c1-16-15-20(17-9-3-2-4-10-17)25-23(24-16)26-21-13-7-5-11-18(21)19-12-6-8-14-22(19)26/h2-15H,1H3. The first-order chi connectivity index (χ1) is 12.8. The van der Waals surface area contributed by atoms with Crippen molar-refractivity contribution < 1.29 is 0 Å². The van der Waals surface area contributed by atoms with Crippen LogP contribution in [0.2, 0.25) is 0 Å². The van der Waals surface area contributed by atoms with Crippen molar-refractivity contribution in [3.8, 4) is 17.2 Å². The van der Waals surface area contributed by atoms with Crippen molar-refractivity contribution >= 4 is 21.8 Å². The highest BCUT2D eigenvalue weighted by Gasteiger charge is 2.14. The second kappa shape index (κ2) is 5.81. The van der Waals surface area contributed by atoms with Gasteiger partial charge in [0.05, 0.1) is 16.7 Å². The second-order valence-electron chi connectivity index (χ2n) is 6.43. The van der Waals surface area contributed by atoms with Gasteiger partial charge in [0.15, 0.2) is 0 Å². The van der Waals surface area contributed by atoms with Crippen LogP contribution in [-0.2, 0) is 0 Å². The summed E-state index contributed by atoms with van der Waals surface area (Å²) in [5.74, 6) is 0.709. The molecule has 0 aliphatic rings. The molecule has 0 N–H and O–H groups in total. The van der Waals surface area contributed by atoms with Gasteiger partial charge in [-0.05, 0) is 25.1 Å². The van der Waals surface area contributed by atoms with E-state index in [0.717, 1.165) is 28.0 Å². The number of fused-ring (bicyclic) bond motifs is 3. The summed E-state index contributed by atoms with van der Waals surface area (Å²) in [4.78, 5) is 9.65. The zero-order chi connectivity index (χ0) is 17.5. The zero-order valence-electron chi connectivity index (χ0n) is 14.4. The van der Waals surface area contributed by atoms with Crippen LogP contribution in [0, 0.1) is 6.92 Å². The Morgan fingerprint density at radius 3 is 1.88 bits per heavy atom. The highest BCUT2D eigenvalue weighted by atomic mass is 15.2. The van der Waals surface area contributed by atoms with Crippen LogP contribution in [0.5, 0.6) is 0 Å². The van der Waals surface area contributed by atoms with Crippen molar-refractivity contribution in [2.75, 3.05) is 0 Å². The Bertz CT molecular complexity index is 1180. The van der Waals surface area contributed by atoms with Gasteiger partial charge in [-0.1, -0.05) is 66.7 Å². The molecule has 0 aliphatic heterocycles. The molecule has 2 aromatic heterocycles. The van der Waals surface area contributed by atoms with Gasteiger partial charge in [-0.15, -0.1) is 0 Å². The zero-order valence-corrected chi connectivity index (χ0v) is 14.4. The summed E-state index contributed by atoms with van der Waals surface area (Å²) in [6.45, 7) is 2.02. The molecule has 0 spiro atoms. The van der Waals surface area contributed by atoms with Gasteiger partial charge in [-0.25, -0.2) is 9.97 Å². The highest BCUT2D eigenvalue weighted by Crippen LogP contribution is 2.31. The minimum absolute atomic E-state index is 0.709. The van der Waals surface area contributed by atoms with Crippen LogP contribution in [0.1, 0.15) is 5.69 Å². The lowest BCUT2D eigenvalue weighted by atomic mass is 10.1. The first-order valence-electron chi connectivity index (χ1n) is 8.71. The summed E-state index contributed by atoms with van der Waals surface area (Å²) in [5.41, 5.74) is 5.24. The Kier molecular flexibility index (Phi) is 3.32. The van der Waals surface area contributed by atoms with E-state index >= 15 is 0 Å². The molecule has 0 atom stereocenters. The molecule has 0 unspecified atom stereocenters. The maximum absolute atomic E-state index is 4.90. The summed E-state index contributed by atoms with van der Waals surface area (Å²) >= 11 is 0. The van der Waals surface area contributed by atoms with Crippen LogP contribution < -0.4 is 0 Å². The van der Waals surface area contributed by atoms with E-state index in [1.807, 2.05) is 31.2 Å². The van der Waals surface area contributed by atoms with Crippen molar-refractivity contribution in [3.05, 3.63) is 90.6 Å². The minimum atomic E-state index is 0.709. The van der Waals surface area contributed by atoms with Crippen LogP contribution in [0.3, 0.4) is 0 Å². The van der Waals surface area contributed by atoms with Gasteiger partial charge in [0.2, 0.25) is 5.95 Å². The first kappa shape index (κ1) is 14.8. The largest absolute Gasteiger partial charge is 0.278 e. The average molecular weight is 335 g/mol. The van der Waals surface area contributed by atoms with Crippen LogP contribution >= 0.6 is 0 Å². The molecule has 0 radical (unpaired) electrons. The molecular weight excluding hydrogens is 318 g/mol. The number of rotatable bonds is 2.